The molecule has 0 aliphatic carbocycles. The van der Waals surface area contributed by atoms with Gasteiger partial charge in [0.1, 0.15) is 6.54 Å². The lowest BCUT2D eigenvalue weighted by Gasteiger charge is -2.46. The maximum atomic E-state index is 13.0. The Morgan fingerprint density at radius 1 is 1.24 bits per heavy atom. The van der Waals surface area contributed by atoms with Gasteiger partial charge in [-0.05, 0) is 44.7 Å². The van der Waals surface area contributed by atoms with Crippen LogP contribution >= 0.6 is 0 Å². The first-order chi connectivity index (χ1) is 13.9. The number of amides is 2. The van der Waals surface area contributed by atoms with Crippen molar-refractivity contribution in [2.75, 3.05) is 13.1 Å². The number of likely N-dealkylation sites (tertiary alicyclic amines) is 1. The Morgan fingerprint density at radius 2 is 1.93 bits per heavy atom. The molecule has 2 amide bonds. The molecule has 0 unspecified atom stereocenters. The lowest BCUT2D eigenvalue weighted by atomic mass is 9.69. The predicted molar refractivity (Wildman–Crippen MR) is 108 cm³/mol. The van der Waals surface area contributed by atoms with E-state index in [1.807, 2.05) is 55.1 Å². The number of aryl methyl sites for hydroxylation is 2. The van der Waals surface area contributed by atoms with Crippen LogP contribution in [0.4, 0.5) is 0 Å². The van der Waals surface area contributed by atoms with Crippen molar-refractivity contribution in [1.29, 1.82) is 0 Å². The van der Waals surface area contributed by atoms with E-state index in [1.165, 1.54) is 0 Å². The second-order valence-electron chi connectivity index (χ2n) is 8.38. The highest BCUT2D eigenvalue weighted by Crippen LogP contribution is 2.42. The quantitative estimate of drug-likeness (QED) is 0.827. The fraction of sp³-hybridized carbons (Fsp3) is 0.500. The van der Waals surface area contributed by atoms with Crippen molar-refractivity contribution in [2.24, 2.45) is 5.41 Å². The summed E-state index contributed by atoms with van der Waals surface area (Å²) in [6.45, 7) is 5.11. The molecule has 3 heterocycles. The first-order valence-electron chi connectivity index (χ1n) is 10.2. The minimum atomic E-state index is -0.632. The molecule has 154 valence electrons. The molecule has 2 N–H and O–H groups in total. The molecule has 7 heteroatoms. The Kier molecular flexibility index (Phi) is 5.17. The van der Waals surface area contributed by atoms with Crippen molar-refractivity contribution in [3.8, 4) is 0 Å². The van der Waals surface area contributed by atoms with Crippen LogP contribution in [-0.2, 0) is 16.1 Å². The smallest absolute Gasteiger partial charge is 0.244 e. The summed E-state index contributed by atoms with van der Waals surface area (Å²) < 4.78 is 1.73. The van der Waals surface area contributed by atoms with Gasteiger partial charge in [-0.1, -0.05) is 30.3 Å². The van der Waals surface area contributed by atoms with Crippen LogP contribution in [0.2, 0.25) is 0 Å². The van der Waals surface area contributed by atoms with Crippen molar-refractivity contribution in [3.05, 3.63) is 53.3 Å². The van der Waals surface area contributed by atoms with E-state index in [4.69, 9.17) is 0 Å². The molecular weight excluding hydrogens is 368 g/mol. The molecule has 2 fully saturated rings. The minimum Gasteiger partial charge on any atom is -0.391 e. The molecule has 4 rings (SSSR count). The first kappa shape index (κ1) is 19.6. The number of benzene rings is 1. The third-order valence-corrected chi connectivity index (χ3v) is 6.37. The number of aromatic nitrogens is 2. The van der Waals surface area contributed by atoms with Gasteiger partial charge in [0, 0.05) is 18.8 Å². The summed E-state index contributed by atoms with van der Waals surface area (Å²) in [4.78, 5) is 27.5. The average Bonchev–Trinajstić information content (AvgIpc) is 3.02. The molecule has 2 aromatic rings. The van der Waals surface area contributed by atoms with Crippen molar-refractivity contribution in [3.63, 3.8) is 0 Å². The molecular formula is C22H28N4O3. The number of carbonyl (C=O) groups is 2. The zero-order valence-corrected chi connectivity index (χ0v) is 17.0. The van der Waals surface area contributed by atoms with Gasteiger partial charge in [0.25, 0.3) is 0 Å². The maximum absolute atomic E-state index is 13.0. The van der Waals surface area contributed by atoms with Gasteiger partial charge in [0.15, 0.2) is 0 Å². The topological polar surface area (TPSA) is 87.5 Å². The summed E-state index contributed by atoms with van der Waals surface area (Å²) in [5, 5.41) is 18.1. The van der Waals surface area contributed by atoms with Crippen molar-refractivity contribution < 1.29 is 14.7 Å². The van der Waals surface area contributed by atoms with E-state index in [2.05, 4.69) is 10.4 Å². The standard InChI is InChI=1S/C22H28N4O3/c1-15-12-16(2)26(24-15)14-19(28)25-10-8-22(9-11-25)13-18(27)20(23-21(22)29)17-6-4-3-5-7-17/h3-7,12,18,20,27H,8-11,13-14H2,1-2H3,(H,23,29)/t18-,20+/m1/s1. The van der Waals surface area contributed by atoms with Gasteiger partial charge >= 0.3 is 0 Å². The highest BCUT2D eigenvalue weighted by atomic mass is 16.3. The number of aliphatic hydroxyl groups is 1. The van der Waals surface area contributed by atoms with Crippen LogP contribution in [0.25, 0.3) is 0 Å². The molecule has 1 spiro atoms. The van der Waals surface area contributed by atoms with Gasteiger partial charge in [-0.15, -0.1) is 0 Å². The number of nitrogens with one attached hydrogen (secondary N) is 1. The molecule has 29 heavy (non-hydrogen) atoms. The van der Waals surface area contributed by atoms with E-state index in [9.17, 15) is 14.7 Å². The monoisotopic (exact) mass is 396 g/mol. The van der Waals surface area contributed by atoms with Crippen LogP contribution in [0.5, 0.6) is 0 Å². The summed E-state index contributed by atoms with van der Waals surface area (Å²) in [5.41, 5.74) is 2.18. The lowest BCUT2D eigenvalue weighted by molar-refractivity contribution is -0.148. The molecule has 7 nitrogen and oxygen atoms in total. The zero-order valence-electron chi connectivity index (χ0n) is 17.0. The van der Waals surface area contributed by atoms with Crippen LogP contribution in [0, 0.1) is 19.3 Å². The predicted octanol–water partition coefficient (Wildman–Crippen LogP) is 1.73. The molecule has 2 aliphatic rings. The van der Waals surface area contributed by atoms with E-state index < -0.39 is 11.5 Å². The van der Waals surface area contributed by atoms with Crippen LogP contribution < -0.4 is 5.32 Å². The number of aliphatic hydroxyl groups excluding tert-OH is 1. The van der Waals surface area contributed by atoms with Crippen LogP contribution in [0.15, 0.2) is 36.4 Å². The fourth-order valence-electron chi connectivity index (χ4n) is 4.65. The van der Waals surface area contributed by atoms with Gasteiger partial charge in [-0.25, -0.2) is 0 Å². The van der Waals surface area contributed by atoms with Gasteiger partial charge in [-0.2, -0.15) is 5.10 Å². The lowest BCUT2D eigenvalue weighted by Crippen LogP contribution is -2.57. The highest BCUT2D eigenvalue weighted by molar-refractivity contribution is 5.85. The van der Waals surface area contributed by atoms with E-state index in [0.29, 0.717) is 32.4 Å². The van der Waals surface area contributed by atoms with Crippen LogP contribution in [0.3, 0.4) is 0 Å². The summed E-state index contributed by atoms with van der Waals surface area (Å²) in [5.74, 6) is 0.00674. The number of rotatable bonds is 3. The Hall–Kier alpha value is -2.67. The number of hydrogen-bond donors (Lipinski definition) is 2. The second-order valence-corrected chi connectivity index (χ2v) is 8.38. The number of piperidine rings is 2. The summed E-state index contributed by atoms with van der Waals surface area (Å²) in [6.07, 6.45) is 0.936. The number of carbonyl (C=O) groups excluding carboxylic acids is 2. The molecule has 1 aromatic carbocycles. The van der Waals surface area contributed by atoms with Crippen molar-refractivity contribution in [2.45, 2.75) is 51.8 Å². The Labute approximate surface area is 170 Å². The van der Waals surface area contributed by atoms with Gasteiger partial charge in [0.2, 0.25) is 11.8 Å². The molecule has 0 saturated carbocycles. The SMILES string of the molecule is Cc1cc(C)n(CC(=O)N2CCC3(CC2)C[C@@H](O)[C@H](c2ccccc2)NC3=O)n1. The van der Waals surface area contributed by atoms with E-state index >= 15 is 0 Å². The first-order valence-corrected chi connectivity index (χ1v) is 10.2. The molecule has 2 saturated heterocycles. The van der Waals surface area contributed by atoms with Crippen LogP contribution in [0.1, 0.15) is 42.3 Å². The van der Waals surface area contributed by atoms with Gasteiger partial charge < -0.3 is 15.3 Å². The summed E-state index contributed by atoms with van der Waals surface area (Å²) in [6, 6.07) is 11.2. The average molecular weight is 396 g/mol. The number of nitrogens with zero attached hydrogens (tertiary/aromatic N) is 3. The normalized spacial score (nSPS) is 23.8. The Morgan fingerprint density at radius 3 is 2.55 bits per heavy atom. The zero-order chi connectivity index (χ0) is 20.6. The maximum Gasteiger partial charge on any atom is 0.244 e. The third kappa shape index (κ3) is 3.79. The van der Waals surface area contributed by atoms with E-state index in [0.717, 1.165) is 17.0 Å². The largest absolute Gasteiger partial charge is 0.391 e. The second kappa shape index (κ2) is 7.63. The number of hydrogen-bond acceptors (Lipinski definition) is 4. The highest BCUT2D eigenvalue weighted by Gasteiger charge is 2.49. The molecule has 0 bridgehead atoms. The summed E-state index contributed by atoms with van der Waals surface area (Å²) in [7, 11) is 0. The minimum absolute atomic E-state index is 0.0118. The molecule has 2 atom stereocenters. The van der Waals surface area contributed by atoms with Crippen molar-refractivity contribution in [1.82, 2.24) is 20.0 Å². The molecule has 1 aromatic heterocycles. The molecule has 0 radical (unpaired) electrons. The Bertz CT molecular complexity index is 900. The van der Waals surface area contributed by atoms with Gasteiger partial charge in [-0.3, -0.25) is 14.3 Å². The van der Waals surface area contributed by atoms with E-state index in [-0.39, 0.29) is 24.4 Å². The third-order valence-electron chi connectivity index (χ3n) is 6.37. The Balaban J connectivity index is 1.39. The fourth-order valence-corrected chi connectivity index (χ4v) is 4.65. The van der Waals surface area contributed by atoms with Crippen LogP contribution in [-0.4, -0.2) is 50.8 Å². The van der Waals surface area contributed by atoms with Gasteiger partial charge in [0.05, 0.1) is 23.3 Å². The van der Waals surface area contributed by atoms with Crippen molar-refractivity contribution >= 4 is 11.8 Å². The molecule has 2 aliphatic heterocycles. The van der Waals surface area contributed by atoms with E-state index in [1.54, 1.807) is 4.68 Å². The summed E-state index contributed by atoms with van der Waals surface area (Å²) >= 11 is 0.